The van der Waals surface area contributed by atoms with E-state index in [-0.39, 0.29) is 11.7 Å². The predicted octanol–water partition coefficient (Wildman–Crippen LogP) is 2.79. The lowest BCUT2D eigenvalue weighted by Crippen LogP contribution is -2.44. The lowest BCUT2D eigenvalue weighted by atomic mass is 9.80. The minimum Gasteiger partial charge on any atom is -0.392 e. The molecule has 0 bridgehead atoms. The molecule has 3 rings (SSSR count). The Labute approximate surface area is 127 Å². The number of aliphatic hydroxyl groups is 1. The Morgan fingerprint density at radius 1 is 1.24 bits per heavy atom. The van der Waals surface area contributed by atoms with Crippen LogP contribution in [-0.2, 0) is 15.9 Å². The topological polar surface area (TPSA) is 38.7 Å². The van der Waals surface area contributed by atoms with Crippen LogP contribution >= 0.6 is 0 Å². The van der Waals surface area contributed by atoms with Crippen molar-refractivity contribution in [3.63, 3.8) is 0 Å². The standard InChI is InChI=1S/C18H26O3/c1-13-7-14(2)9-15(8-13)10-17(19)16-3-5-21-18(11-16)4-6-20-12-18/h7-9,16-17,19H,3-6,10-12H2,1-2H3. The lowest BCUT2D eigenvalue weighted by Gasteiger charge is -2.39. The third kappa shape index (κ3) is 3.47. The van der Waals surface area contributed by atoms with E-state index >= 15 is 0 Å². The van der Waals surface area contributed by atoms with Gasteiger partial charge in [0.25, 0.3) is 0 Å². The Bertz CT molecular complexity index is 471. The molecular formula is C18H26O3. The highest BCUT2D eigenvalue weighted by Gasteiger charge is 2.42. The van der Waals surface area contributed by atoms with Crippen LogP contribution < -0.4 is 0 Å². The van der Waals surface area contributed by atoms with Crippen molar-refractivity contribution in [2.75, 3.05) is 19.8 Å². The van der Waals surface area contributed by atoms with Gasteiger partial charge in [0.05, 0.1) is 18.3 Å². The average Bonchev–Trinajstić information content (AvgIpc) is 2.85. The van der Waals surface area contributed by atoms with Crippen molar-refractivity contribution in [1.29, 1.82) is 0 Å². The monoisotopic (exact) mass is 290 g/mol. The number of rotatable bonds is 3. The smallest absolute Gasteiger partial charge is 0.0940 e. The Morgan fingerprint density at radius 3 is 2.67 bits per heavy atom. The molecule has 1 N–H and O–H groups in total. The van der Waals surface area contributed by atoms with Gasteiger partial charge in [0.15, 0.2) is 0 Å². The molecule has 3 unspecified atom stereocenters. The molecular weight excluding hydrogens is 264 g/mol. The van der Waals surface area contributed by atoms with Gasteiger partial charge >= 0.3 is 0 Å². The van der Waals surface area contributed by atoms with Gasteiger partial charge in [-0.15, -0.1) is 0 Å². The lowest BCUT2D eigenvalue weighted by molar-refractivity contribution is -0.116. The van der Waals surface area contributed by atoms with E-state index in [9.17, 15) is 5.11 Å². The number of ether oxygens (including phenoxy) is 2. The number of aryl methyl sites for hydroxylation is 2. The van der Waals surface area contributed by atoms with Crippen LogP contribution in [0.4, 0.5) is 0 Å². The molecule has 2 saturated heterocycles. The SMILES string of the molecule is Cc1cc(C)cc(CC(O)C2CCOC3(CCOC3)C2)c1. The normalized spacial score (nSPS) is 30.7. The van der Waals surface area contributed by atoms with E-state index in [0.717, 1.165) is 38.9 Å². The van der Waals surface area contributed by atoms with Crippen LogP contribution in [0.15, 0.2) is 18.2 Å². The molecule has 0 saturated carbocycles. The van der Waals surface area contributed by atoms with Crippen molar-refractivity contribution in [3.8, 4) is 0 Å². The summed E-state index contributed by atoms with van der Waals surface area (Å²) in [5.41, 5.74) is 3.66. The van der Waals surface area contributed by atoms with Gasteiger partial charge in [-0.1, -0.05) is 29.3 Å². The van der Waals surface area contributed by atoms with Crippen molar-refractivity contribution in [2.24, 2.45) is 5.92 Å². The highest BCUT2D eigenvalue weighted by molar-refractivity contribution is 5.29. The minimum atomic E-state index is -0.285. The minimum absolute atomic E-state index is 0.119. The maximum Gasteiger partial charge on any atom is 0.0940 e. The molecule has 2 fully saturated rings. The summed E-state index contributed by atoms with van der Waals surface area (Å²) in [7, 11) is 0. The molecule has 2 heterocycles. The van der Waals surface area contributed by atoms with E-state index in [1.54, 1.807) is 0 Å². The summed E-state index contributed by atoms with van der Waals surface area (Å²) in [4.78, 5) is 0. The third-order valence-corrected chi connectivity index (χ3v) is 4.87. The van der Waals surface area contributed by atoms with Gasteiger partial charge in [-0.25, -0.2) is 0 Å². The highest BCUT2D eigenvalue weighted by atomic mass is 16.6. The first-order chi connectivity index (χ1) is 10.1. The van der Waals surface area contributed by atoms with Gasteiger partial charge in [-0.3, -0.25) is 0 Å². The summed E-state index contributed by atoms with van der Waals surface area (Å²) >= 11 is 0. The van der Waals surface area contributed by atoms with Gasteiger partial charge < -0.3 is 14.6 Å². The number of hydrogen-bond donors (Lipinski definition) is 1. The fraction of sp³-hybridized carbons (Fsp3) is 0.667. The first-order valence-corrected chi connectivity index (χ1v) is 8.03. The average molecular weight is 290 g/mol. The van der Waals surface area contributed by atoms with E-state index in [1.165, 1.54) is 16.7 Å². The Balaban J connectivity index is 1.65. The van der Waals surface area contributed by atoms with Crippen molar-refractivity contribution in [1.82, 2.24) is 0 Å². The zero-order valence-corrected chi connectivity index (χ0v) is 13.1. The zero-order chi connectivity index (χ0) is 14.9. The molecule has 1 aromatic carbocycles. The molecule has 2 aliphatic heterocycles. The van der Waals surface area contributed by atoms with Gasteiger partial charge in [-0.05, 0) is 44.6 Å². The number of benzene rings is 1. The quantitative estimate of drug-likeness (QED) is 0.930. The fourth-order valence-electron chi connectivity index (χ4n) is 3.85. The predicted molar refractivity (Wildman–Crippen MR) is 82.5 cm³/mol. The van der Waals surface area contributed by atoms with Crippen LogP contribution in [0.25, 0.3) is 0 Å². The van der Waals surface area contributed by atoms with Crippen molar-refractivity contribution in [3.05, 3.63) is 34.9 Å². The van der Waals surface area contributed by atoms with Crippen LogP contribution in [0.2, 0.25) is 0 Å². The second kappa shape index (κ2) is 6.07. The molecule has 116 valence electrons. The summed E-state index contributed by atoms with van der Waals surface area (Å²) in [5, 5.41) is 10.7. The van der Waals surface area contributed by atoms with E-state index in [0.29, 0.717) is 12.5 Å². The van der Waals surface area contributed by atoms with Crippen LogP contribution in [-0.4, -0.2) is 36.6 Å². The van der Waals surface area contributed by atoms with Crippen molar-refractivity contribution < 1.29 is 14.6 Å². The Kier molecular flexibility index (Phi) is 4.34. The van der Waals surface area contributed by atoms with Crippen molar-refractivity contribution >= 4 is 0 Å². The largest absolute Gasteiger partial charge is 0.392 e. The second-order valence-corrected chi connectivity index (χ2v) is 6.85. The molecule has 3 heteroatoms. The molecule has 0 radical (unpaired) electrons. The van der Waals surface area contributed by atoms with Crippen LogP contribution in [0, 0.1) is 19.8 Å². The Morgan fingerprint density at radius 2 is 2.00 bits per heavy atom. The molecule has 0 amide bonds. The van der Waals surface area contributed by atoms with Gasteiger partial charge in [0, 0.05) is 19.6 Å². The summed E-state index contributed by atoms with van der Waals surface area (Å²) in [6.07, 6.45) is 3.31. The van der Waals surface area contributed by atoms with Crippen LogP contribution in [0.1, 0.15) is 36.0 Å². The zero-order valence-electron chi connectivity index (χ0n) is 13.1. The van der Waals surface area contributed by atoms with Crippen molar-refractivity contribution in [2.45, 2.75) is 51.2 Å². The van der Waals surface area contributed by atoms with Gasteiger partial charge in [0.2, 0.25) is 0 Å². The highest BCUT2D eigenvalue weighted by Crippen LogP contribution is 2.37. The third-order valence-electron chi connectivity index (χ3n) is 4.87. The van der Waals surface area contributed by atoms with E-state index in [1.807, 2.05) is 0 Å². The fourth-order valence-corrected chi connectivity index (χ4v) is 3.85. The van der Waals surface area contributed by atoms with Gasteiger partial charge in [0.1, 0.15) is 0 Å². The molecule has 2 aliphatic rings. The molecule has 0 aromatic heterocycles. The first kappa shape index (κ1) is 15.0. The Hall–Kier alpha value is -0.900. The number of hydrogen-bond acceptors (Lipinski definition) is 3. The molecule has 21 heavy (non-hydrogen) atoms. The summed E-state index contributed by atoms with van der Waals surface area (Å²) in [6.45, 7) is 6.46. The van der Waals surface area contributed by atoms with E-state index in [2.05, 4.69) is 32.0 Å². The maximum atomic E-state index is 10.7. The van der Waals surface area contributed by atoms with Gasteiger partial charge in [-0.2, -0.15) is 0 Å². The van der Waals surface area contributed by atoms with Crippen LogP contribution in [0.3, 0.4) is 0 Å². The summed E-state index contributed by atoms with van der Waals surface area (Å²) in [5.74, 6) is 0.321. The second-order valence-electron chi connectivity index (χ2n) is 6.85. The van der Waals surface area contributed by atoms with E-state index < -0.39 is 0 Å². The first-order valence-electron chi connectivity index (χ1n) is 8.03. The van der Waals surface area contributed by atoms with Crippen LogP contribution in [0.5, 0.6) is 0 Å². The molecule has 0 aliphatic carbocycles. The molecule has 3 atom stereocenters. The molecule has 3 nitrogen and oxygen atoms in total. The maximum absolute atomic E-state index is 10.7. The molecule has 1 aromatic rings. The van der Waals surface area contributed by atoms with E-state index in [4.69, 9.17) is 9.47 Å². The summed E-state index contributed by atoms with van der Waals surface area (Å²) < 4.78 is 11.5. The number of aliphatic hydroxyl groups excluding tert-OH is 1. The summed E-state index contributed by atoms with van der Waals surface area (Å²) in [6, 6.07) is 6.54. The molecule has 1 spiro atoms.